The van der Waals surface area contributed by atoms with E-state index in [9.17, 15) is 9.90 Å². The minimum absolute atomic E-state index is 0.101. The van der Waals surface area contributed by atoms with Crippen molar-refractivity contribution < 1.29 is 19.4 Å². The molecule has 0 spiro atoms. The highest BCUT2D eigenvalue weighted by molar-refractivity contribution is 7.13. The standard InChI is InChI=1S/C15H16ClN3O4S/c1-3-23-12-5-9(4-11(16)14(12)21)7-17-19-15-18-10(8-24-15)6-13(20)22-2/h4-5,7-8,21H,3,6H2,1-2H3,(H,18,19)/b17-7-. The Bertz CT molecular complexity index is 748. The predicted molar refractivity (Wildman–Crippen MR) is 93.3 cm³/mol. The van der Waals surface area contributed by atoms with Gasteiger partial charge < -0.3 is 14.6 Å². The van der Waals surface area contributed by atoms with Crippen molar-refractivity contribution in [3.8, 4) is 11.5 Å². The Morgan fingerprint density at radius 1 is 1.54 bits per heavy atom. The molecule has 0 atom stereocenters. The second-order valence-corrected chi connectivity index (χ2v) is 5.81. The number of hydrazone groups is 1. The number of ether oxygens (including phenoxy) is 2. The number of halogens is 1. The largest absolute Gasteiger partial charge is 0.503 e. The van der Waals surface area contributed by atoms with Crippen molar-refractivity contribution in [2.45, 2.75) is 13.3 Å². The van der Waals surface area contributed by atoms with Gasteiger partial charge in [0.05, 0.1) is 37.1 Å². The number of phenolic OH excluding ortho intramolecular Hbond substituents is 1. The van der Waals surface area contributed by atoms with Gasteiger partial charge in [-0.25, -0.2) is 4.98 Å². The van der Waals surface area contributed by atoms with E-state index in [1.165, 1.54) is 24.7 Å². The van der Waals surface area contributed by atoms with Gasteiger partial charge >= 0.3 is 5.97 Å². The SMILES string of the molecule is CCOc1cc(/C=N\Nc2nc(CC(=O)OC)cs2)cc(Cl)c1O. The van der Waals surface area contributed by atoms with Crippen molar-refractivity contribution in [2.75, 3.05) is 19.1 Å². The lowest BCUT2D eigenvalue weighted by Crippen LogP contribution is -2.04. The molecule has 2 rings (SSSR count). The molecule has 0 bridgehead atoms. The fourth-order valence-corrected chi connectivity index (χ4v) is 2.63. The fraction of sp³-hybridized carbons (Fsp3) is 0.267. The Labute approximate surface area is 147 Å². The number of methoxy groups -OCH3 is 1. The molecule has 0 radical (unpaired) electrons. The summed E-state index contributed by atoms with van der Waals surface area (Å²) in [7, 11) is 1.33. The number of rotatable bonds is 7. The zero-order valence-corrected chi connectivity index (χ0v) is 14.6. The molecule has 1 aromatic carbocycles. The van der Waals surface area contributed by atoms with Crippen LogP contribution in [-0.2, 0) is 16.0 Å². The molecule has 0 amide bonds. The summed E-state index contributed by atoms with van der Waals surface area (Å²) in [6, 6.07) is 3.19. The molecule has 1 aromatic heterocycles. The van der Waals surface area contributed by atoms with Gasteiger partial charge in [0.15, 0.2) is 11.5 Å². The van der Waals surface area contributed by atoms with Gasteiger partial charge in [-0.15, -0.1) is 11.3 Å². The Morgan fingerprint density at radius 3 is 3.04 bits per heavy atom. The zero-order chi connectivity index (χ0) is 17.5. The van der Waals surface area contributed by atoms with Crippen molar-refractivity contribution in [3.63, 3.8) is 0 Å². The number of hydrogen-bond donors (Lipinski definition) is 2. The predicted octanol–water partition coefficient (Wildman–Crippen LogP) is 3.06. The highest BCUT2D eigenvalue weighted by atomic mass is 35.5. The number of hydrogen-bond acceptors (Lipinski definition) is 8. The highest BCUT2D eigenvalue weighted by Gasteiger charge is 2.09. The molecule has 128 valence electrons. The summed E-state index contributed by atoms with van der Waals surface area (Å²) in [5.41, 5.74) is 4.03. The first-order valence-electron chi connectivity index (χ1n) is 6.99. The van der Waals surface area contributed by atoms with Crippen LogP contribution in [0.15, 0.2) is 22.6 Å². The summed E-state index contributed by atoms with van der Waals surface area (Å²) in [5, 5.41) is 16.3. The molecule has 0 aliphatic heterocycles. The van der Waals surface area contributed by atoms with Crippen molar-refractivity contribution in [3.05, 3.63) is 33.8 Å². The van der Waals surface area contributed by atoms with Gasteiger partial charge in [-0.3, -0.25) is 10.2 Å². The summed E-state index contributed by atoms with van der Waals surface area (Å²) >= 11 is 7.27. The summed E-state index contributed by atoms with van der Waals surface area (Å²) in [5.74, 6) is -0.158. The van der Waals surface area contributed by atoms with Crippen LogP contribution in [0.1, 0.15) is 18.2 Å². The van der Waals surface area contributed by atoms with E-state index in [0.29, 0.717) is 28.7 Å². The van der Waals surface area contributed by atoms with Gasteiger partial charge in [0.2, 0.25) is 5.13 Å². The van der Waals surface area contributed by atoms with Gasteiger partial charge in [0, 0.05) is 5.38 Å². The summed E-state index contributed by atoms with van der Waals surface area (Å²) < 4.78 is 9.89. The van der Waals surface area contributed by atoms with Crippen LogP contribution in [0.5, 0.6) is 11.5 Å². The van der Waals surface area contributed by atoms with Crippen molar-refractivity contribution in [1.82, 2.24) is 4.98 Å². The molecule has 0 saturated carbocycles. The third-order valence-corrected chi connectivity index (χ3v) is 3.91. The first-order chi connectivity index (χ1) is 11.5. The quantitative estimate of drug-likeness (QED) is 0.442. The monoisotopic (exact) mass is 369 g/mol. The maximum absolute atomic E-state index is 11.2. The van der Waals surface area contributed by atoms with E-state index in [4.69, 9.17) is 16.3 Å². The lowest BCUT2D eigenvalue weighted by Gasteiger charge is -2.08. The van der Waals surface area contributed by atoms with Gasteiger partial charge in [-0.2, -0.15) is 5.10 Å². The lowest BCUT2D eigenvalue weighted by molar-refractivity contribution is -0.139. The van der Waals surface area contributed by atoms with E-state index in [-0.39, 0.29) is 23.2 Å². The highest BCUT2D eigenvalue weighted by Crippen LogP contribution is 2.34. The molecule has 0 fully saturated rings. The Hall–Kier alpha value is -2.32. The first kappa shape index (κ1) is 18.0. The molecule has 2 aromatic rings. The summed E-state index contributed by atoms with van der Waals surface area (Å²) in [6.07, 6.45) is 1.64. The van der Waals surface area contributed by atoms with E-state index in [1.807, 2.05) is 6.92 Å². The van der Waals surface area contributed by atoms with Crippen LogP contribution >= 0.6 is 22.9 Å². The van der Waals surface area contributed by atoms with Crippen molar-refractivity contribution in [2.24, 2.45) is 5.10 Å². The van der Waals surface area contributed by atoms with Crippen LogP contribution < -0.4 is 10.2 Å². The van der Waals surface area contributed by atoms with Gasteiger partial charge in [0.1, 0.15) is 0 Å². The number of carbonyl (C=O) groups excluding carboxylic acids is 1. The first-order valence-corrected chi connectivity index (χ1v) is 8.24. The summed E-state index contributed by atoms with van der Waals surface area (Å²) in [6.45, 7) is 2.22. The topological polar surface area (TPSA) is 93.0 Å². The number of carbonyl (C=O) groups is 1. The van der Waals surface area contributed by atoms with E-state index in [1.54, 1.807) is 17.5 Å². The molecule has 7 nitrogen and oxygen atoms in total. The van der Waals surface area contributed by atoms with Crippen LogP contribution in [0.25, 0.3) is 0 Å². The number of nitrogens with zero attached hydrogens (tertiary/aromatic N) is 2. The third-order valence-electron chi connectivity index (χ3n) is 2.83. The Kier molecular flexibility index (Phi) is 6.39. The molecule has 0 unspecified atom stereocenters. The molecule has 0 aliphatic rings. The van der Waals surface area contributed by atoms with E-state index in [2.05, 4.69) is 20.2 Å². The van der Waals surface area contributed by atoms with Crippen molar-refractivity contribution in [1.29, 1.82) is 0 Å². The smallest absolute Gasteiger partial charge is 0.311 e. The van der Waals surface area contributed by atoms with Crippen LogP contribution in [0.2, 0.25) is 5.02 Å². The Balaban J connectivity index is 2.02. The number of aromatic nitrogens is 1. The molecule has 0 aliphatic carbocycles. The Morgan fingerprint density at radius 2 is 2.33 bits per heavy atom. The number of aromatic hydroxyl groups is 1. The molecule has 2 N–H and O–H groups in total. The van der Waals surface area contributed by atoms with E-state index in [0.717, 1.165) is 0 Å². The minimum Gasteiger partial charge on any atom is -0.503 e. The van der Waals surface area contributed by atoms with Crippen LogP contribution in [-0.4, -0.2) is 36.0 Å². The van der Waals surface area contributed by atoms with Crippen LogP contribution in [0.4, 0.5) is 5.13 Å². The second-order valence-electron chi connectivity index (χ2n) is 4.55. The lowest BCUT2D eigenvalue weighted by atomic mass is 10.2. The maximum atomic E-state index is 11.2. The fourth-order valence-electron chi connectivity index (χ4n) is 1.76. The molecule has 0 saturated heterocycles. The normalized spacial score (nSPS) is 10.8. The molecular formula is C15H16ClN3O4S. The van der Waals surface area contributed by atoms with Crippen LogP contribution in [0, 0.1) is 0 Å². The number of esters is 1. The minimum atomic E-state index is -0.350. The molecule has 1 heterocycles. The number of nitrogens with one attached hydrogen (secondary N) is 1. The second kappa shape index (κ2) is 8.51. The van der Waals surface area contributed by atoms with E-state index < -0.39 is 0 Å². The average molecular weight is 370 g/mol. The number of benzene rings is 1. The van der Waals surface area contributed by atoms with Gasteiger partial charge in [-0.05, 0) is 24.6 Å². The zero-order valence-electron chi connectivity index (χ0n) is 13.1. The number of thiazole rings is 1. The maximum Gasteiger partial charge on any atom is 0.311 e. The van der Waals surface area contributed by atoms with Crippen molar-refractivity contribution >= 4 is 40.3 Å². The van der Waals surface area contributed by atoms with Crippen LogP contribution in [0.3, 0.4) is 0 Å². The molecular weight excluding hydrogens is 354 g/mol. The average Bonchev–Trinajstić information content (AvgIpc) is 2.99. The molecule has 9 heteroatoms. The number of anilines is 1. The van der Waals surface area contributed by atoms with E-state index >= 15 is 0 Å². The van der Waals surface area contributed by atoms with Gasteiger partial charge in [0.25, 0.3) is 0 Å². The van der Waals surface area contributed by atoms with Gasteiger partial charge in [-0.1, -0.05) is 11.6 Å². The third kappa shape index (κ3) is 4.84. The summed E-state index contributed by atoms with van der Waals surface area (Å²) in [4.78, 5) is 15.4. The number of phenols is 1. The molecule has 24 heavy (non-hydrogen) atoms.